The highest BCUT2D eigenvalue weighted by molar-refractivity contribution is 5.85. The van der Waals surface area contributed by atoms with Crippen LogP contribution in [0.4, 0.5) is 0 Å². The normalized spacial score (nSPS) is 13.9. The van der Waals surface area contributed by atoms with Crippen LogP contribution in [0.25, 0.3) is 0 Å². The maximum absolute atomic E-state index is 15.1. The highest BCUT2D eigenvalue weighted by Crippen LogP contribution is 2.20. The molecule has 12 nitrogen and oxygen atoms in total. The molecule has 0 aliphatic carbocycles. The Hall–Kier alpha value is -1.83. The van der Waals surface area contributed by atoms with Gasteiger partial charge in [0.2, 0.25) is 11.8 Å². The van der Waals surface area contributed by atoms with Crippen molar-refractivity contribution >= 4 is 17.7 Å². The number of unbranched alkanes of at least 4 members (excludes halogenated alkanes) is 20. The highest BCUT2D eigenvalue weighted by Gasteiger charge is 2.30. The van der Waals surface area contributed by atoms with Crippen LogP contribution in [0.15, 0.2) is 0 Å². The molecule has 0 radical (unpaired) electrons. The molecule has 0 fully saturated rings. The fourth-order valence-electron chi connectivity index (χ4n) is 8.97. The van der Waals surface area contributed by atoms with Crippen LogP contribution >= 0.6 is 0 Å². The van der Waals surface area contributed by atoms with Gasteiger partial charge in [0.15, 0.2) is 6.54 Å². The summed E-state index contributed by atoms with van der Waals surface area (Å²) in [6.07, 6.45) is 31.0. The number of nitrogens with one attached hydrogen (secondary N) is 1. The molecule has 0 saturated heterocycles. The van der Waals surface area contributed by atoms with Crippen LogP contribution in [-0.4, -0.2) is 127 Å². The molecule has 0 saturated carbocycles. The minimum atomic E-state index is -1.19. The Kier molecular flexibility index (Phi) is 42.2. The molecule has 0 spiro atoms. The second-order valence-corrected chi connectivity index (χ2v) is 19.7. The molecule has 0 heterocycles. The van der Waals surface area contributed by atoms with E-state index in [4.69, 9.17) is 11.5 Å². The number of nitrogens with zero attached hydrogens (tertiary/aromatic N) is 4. The summed E-state index contributed by atoms with van der Waals surface area (Å²) in [5.41, 5.74) is 11.6. The van der Waals surface area contributed by atoms with E-state index in [0.717, 1.165) is 96.3 Å². The van der Waals surface area contributed by atoms with Crippen LogP contribution in [-0.2, 0) is 14.4 Å². The third-order valence-electron chi connectivity index (χ3n) is 13.6. The molecular weight excluding hydrogens is 815 g/mol. The number of amides is 3. The monoisotopic (exact) mass is 924 g/mol. The van der Waals surface area contributed by atoms with Crippen LogP contribution in [0.1, 0.15) is 228 Å². The zero-order chi connectivity index (χ0) is 48.4. The summed E-state index contributed by atoms with van der Waals surface area (Å²) in [5.74, 6) is 0.0344. The fourth-order valence-corrected chi connectivity index (χ4v) is 8.97. The van der Waals surface area contributed by atoms with Crippen LogP contribution in [0.5, 0.6) is 0 Å². The maximum atomic E-state index is 15.1. The smallest absolute Gasteiger partial charge is 0.278 e. The van der Waals surface area contributed by atoms with E-state index in [-0.39, 0.29) is 68.8 Å². The molecular formula is C53H109N7O5. The molecule has 0 aromatic rings. The Balaban J connectivity index is 6.35. The lowest BCUT2D eigenvalue weighted by Crippen LogP contribution is -2.56. The number of aliphatic hydroxyl groups is 1. The van der Waals surface area contributed by atoms with Crippen molar-refractivity contribution in [3.05, 3.63) is 5.21 Å². The predicted molar refractivity (Wildman–Crippen MR) is 275 cm³/mol. The zero-order valence-electron chi connectivity index (χ0n) is 43.7. The second kappa shape index (κ2) is 43.5. The van der Waals surface area contributed by atoms with E-state index in [1.54, 1.807) is 9.80 Å². The number of nitrogens with two attached hydrogens (primary N) is 2. The van der Waals surface area contributed by atoms with Crippen molar-refractivity contribution in [1.82, 2.24) is 20.0 Å². The zero-order valence-corrected chi connectivity index (χ0v) is 43.7. The predicted octanol–water partition coefficient (Wildman–Crippen LogP) is 10.3. The molecule has 65 heavy (non-hydrogen) atoms. The number of aliphatic hydroxyl groups excluding tert-OH is 1. The third-order valence-corrected chi connectivity index (χ3v) is 13.6. The van der Waals surface area contributed by atoms with E-state index >= 15 is 5.21 Å². The lowest BCUT2D eigenvalue weighted by Gasteiger charge is -2.45. The Morgan fingerprint density at radius 3 is 1.46 bits per heavy atom. The van der Waals surface area contributed by atoms with Crippen molar-refractivity contribution in [3.8, 4) is 0 Å². The second-order valence-electron chi connectivity index (χ2n) is 19.7. The number of rotatable bonds is 48. The summed E-state index contributed by atoms with van der Waals surface area (Å²) >= 11 is 0. The van der Waals surface area contributed by atoms with Gasteiger partial charge in [0.25, 0.3) is 5.91 Å². The SMILES string of the molecule is CCCCCCCCCCCCN(CC(=O)N(CC[N+]([O-])(CCCCCCCCCCCC)CC(=O)N(CC(N)O)CC(CC)CCCC)CC(CC)CCCC)C(=O)CNCCCN. The molecule has 386 valence electrons. The van der Waals surface area contributed by atoms with E-state index in [1.807, 2.05) is 4.90 Å². The van der Waals surface area contributed by atoms with Crippen molar-refractivity contribution in [3.63, 3.8) is 0 Å². The average Bonchev–Trinajstić information content (AvgIpc) is 3.29. The van der Waals surface area contributed by atoms with E-state index in [1.165, 1.54) is 83.5 Å². The van der Waals surface area contributed by atoms with Crippen molar-refractivity contribution in [2.75, 3.05) is 78.5 Å². The number of quaternary nitrogens is 1. The lowest BCUT2D eigenvalue weighted by atomic mass is 9.98. The number of carbonyl (C=O) groups is 3. The van der Waals surface area contributed by atoms with Crippen molar-refractivity contribution < 1.29 is 24.1 Å². The van der Waals surface area contributed by atoms with Gasteiger partial charge in [-0.05, 0) is 63.5 Å². The van der Waals surface area contributed by atoms with Crippen molar-refractivity contribution in [1.29, 1.82) is 0 Å². The van der Waals surface area contributed by atoms with E-state index in [0.29, 0.717) is 45.7 Å². The summed E-state index contributed by atoms with van der Waals surface area (Å²) in [7, 11) is 0. The lowest BCUT2D eigenvalue weighted by molar-refractivity contribution is -0.872. The largest absolute Gasteiger partial charge is 0.632 e. The Bertz CT molecular complexity index is 1120. The first-order valence-corrected chi connectivity index (χ1v) is 27.7. The van der Waals surface area contributed by atoms with Crippen LogP contribution in [0.3, 0.4) is 0 Å². The Morgan fingerprint density at radius 2 is 1.00 bits per heavy atom. The van der Waals surface area contributed by atoms with Gasteiger partial charge in [0.05, 0.1) is 39.3 Å². The number of hydroxylamine groups is 3. The van der Waals surface area contributed by atoms with E-state index in [2.05, 4.69) is 46.9 Å². The molecule has 0 rings (SSSR count). The van der Waals surface area contributed by atoms with Gasteiger partial charge in [-0.2, -0.15) is 0 Å². The highest BCUT2D eigenvalue weighted by atomic mass is 16.5. The van der Waals surface area contributed by atoms with Gasteiger partial charge >= 0.3 is 0 Å². The van der Waals surface area contributed by atoms with Gasteiger partial charge in [-0.15, -0.1) is 0 Å². The first-order valence-electron chi connectivity index (χ1n) is 27.7. The number of hydrogen-bond donors (Lipinski definition) is 4. The molecule has 12 heteroatoms. The minimum absolute atomic E-state index is 0.01000. The third kappa shape index (κ3) is 35.0. The molecule has 0 aliphatic heterocycles. The summed E-state index contributed by atoms with van der Waals surface area (Å²) < 4.78 is -0.722. The molecule has 3 amide bonds. The summed E-state index contributed by atoms with van der Waals surface area (Å²) in [4.78, 5) is 47.7. The topological polar surface area (TPSA) is 168 Å². The first-order chi connectivity index (χ1) is 31.4. The maximum Gasteiger partial charge on any atom is 0.278 e. The van der Waals surface area contributed by atoms with Gasteiger partial charge in [-0.1, -0.05) is 189 Å². The average molecular weight is 924 g/mol. The Morgan fingerprint density at radius 1 is 0.538 bits per heavy atom. The Labute approximate surface area is 401 Å². The van der Waals surface area contributed by atoms with Gasteiger partial charge in [0, 0.05) is 19.6 Å². The quantitative estimate of drug-likeness (QED) is 0.0202. The van der Waals surface area contributed by atoms with Gasteiger partial charge in [-0.25, -0.2) is 0 Å². The van der Waals surface area contributed by atoms with E-state index in [9.17, 15) is 19.5 Å². The molecule has 6 N–H and O–H groups in total. The number of hydrogen-bond acceptors (Lipinski definition) is 8. The fraction of sp³-hybridized carbons (Fsp3) is 0.943. The standard InChI is InChI=1S/C53H109N7O5/c1-7-13-17-19-21-23-25-27-29-31-38-57(51(62)42-56-37-33-36-54)46-52(63)58(43-48(11-5)34-15-9-3)39-41-60(65,40-32-30-28-26-24-22-20-18-14-8-2)47-53(64)59(45-50(55)61)44-49(12-6)35-16-10-4/h48-50,56,61H,7-47,54-55H2,1-6H3. The summed E-state index contributed by atoms with van der Waals surface area (Å²) in [6, 6.07) is 0. The first kappa shape index (κ1) is 63.2. The van der Waals surface area contributed by atoms with Crippen LogP contribution < -0.4 is 16.8 Å². The molecule has 0 aliphatic rings. The number of carbonyl (C=O) groups excluding carboxylic acids is 3. The molecule has 0 aromatic carbocycles. The molecule has 4 atom stereocenters. The van der Waals surface area contributed by atoms with Gasteiger partial charge in [0.1, 0.15) is 6.23 Å². The molecule has 4 unspecified atom stereocenters. The minimum Gasteiger partial charge on any atom is -0.632 e. The van der Waals surface area contributed by atoms with Crippen molar-refractivity contribution in [2.24, 2.45) is 23.3 Å². The van der Waals surface area contributed by atoms with Gasteiger partial charge in [-0.3, -0.25) is 14.4 Å². The van der Waals surface area contributed by atoms with Crippen molar-refractivity contribution in [2.45, 2.75) is 234 Å². The summed E-state index contributed by atoms with van der Waals surface area (Å²) in [5, 5.41) is 28.6. The molecule has 0 bridgehead atoms. The van der Waals surface area contributed by atoms with E-state index < -0.39 is 10.9 Å². The van der Waals surface area contributed by atoms with Crippen LogP contribution in [0.2, 0.25) is 0 Å². The van der Waals surface area contributed by atoms with Gasteiger partial charge < -0.3 is 46.4 Å². The van der Waals surface area contributed by atoms with Crippen LogP contribution in [0, 0.1) is 17.0 Å². The molecule has 0 aromatic heterocycles. The summed E-state index contributed by atoms with van der Waals surface area (Å²) in [6.45, 7) is 16.3.